The molecule has 126 valence electrons. The maximum absolute atomic E-state index is 12.4. The minimum Gasteiger partial charge on any atom is -0.340 e. The molecule has 1 amide bonds. The molecule has 0 saturated heterocycles. The van der Waals surface area contributed by atoms with Gasteiger partial charge in [0.25, 0.3) is 5.91 Å². The number of hydrogen-bond donors (Lipinski definition) is 1. The largest absolute Gasteiger partial charge is 0.340 e. The normalized spacial score (nSPS) is 13.8. The Morgan fingerprint density at radius 2 is 1.84 bits per heavy atom. The third kappa shape index (κ3) is 3.48. The van der Waals surface area contributed by atoms with Gasteiger partial charge in [-0.2, -0.15) is 0 Å². The number of amides is 1. The summed E-state index contributed by atoms with van der Waals surface area (Å²) >= 11 is 1.47. The number of nitrogens with one attached hydrogen (secondary N) is 1. The molecule has 0 atom stereocenters. The molecular weight excluding hydrogens is 336 g/mol. The van der Waals surface area contributed by atoms with Crippen molar-refractivity contribution in [2.24, 2.45) is 0 Å². The van der Waals surface area contributed by atoms with Crippen LogP contribution in [0.1, 0.15) is 20.4 Å². The minimum absolute atomic E-state index is 0.174. The number of hydrogen-bond acceptors (Lipinski definition) is 7. The van der Waals surface area contributed by atoms with Gasteiger partial charge in [0.2, 0.25) is 5.95 Å². The molecule has 0 aliphatic carbocycles. The highest BCUT2D eigenvalue weighted by Gasteiger charge is 2.22. The van der Waals surface area contributed by atoms with Crippen molar-refractivity contribution in [3.63, 3.8) is 0 Å². The fraction of sp³-hybridized carbons (Fsp3) is 0.235. The Balaban J connectivity index is 1.46. The number of fused-ring (bicyclic) bond motifs is 1. The molecule has 8 heteroatoms. The fourth-order valence-corrected chi connectivity index (χ4v) is 3.73. The average Bonchev–Trinajstić information content (AvgIpc) is 2.97. The maximum Gasteiger partial charge on any atom is 0.284 e. The second-order valence-corrected chi connectivity index (χ2v) is 6.70. The number of carbonyl (C=O) groups excluding carboxylic acids is 1. The predicted molar refractivity (Wildman–Crippen MR) is 96.0 cm³/mol. The summed E-state index contributed by atoms with van der Waals surface area (Å²) in [6, 6.07) is 5.33. The first-order chi connectivity index (χ1) is 12.3. The molecule has 0 aromatic carbocycles. The van der Waals surface area contributed by atoms with E-state index in [1.807, 2.05) is 6.07 Å². The van der Waals surface area contributed by atoms with Crippen molar-refractivity contribution in [2.45, 2.75) is 12.8 Å². The number of nitrogens with zero attached hydrogens (tertiary/aromatic N) is 5. The predicted octanol–water partition coefficient (Wildman–Crippen LogP) is 2.19. The van der Waals surface area contributed by atoms with Gasteiger partial charge in [0.1, 0.15) is 0 Å². The molecule has 4 rings (SSSR count). The molecular formula is C17H16N6OS. The number of anilines is 2. The smallest absolute Gasteiger partial charge is 0.284 e. The van der Waals surface area contributed by atoms with Gasteiger partial charge in [-0.1, -0.05) is 0 Å². The van der Waals surface area contributed by atoms with E-state index in [4.69, 9.17) is 0 Å². The van der Waals surface area contributed by atoms with E-state index >= 15 is 0 Å². The number of carbonyl (C=O) groups is 1. The van der Waals surface area contributed by atoms with Crippen LogP contribution in [0.5, 0.6) is 0 Å². The summed E-state index contributed by atoms with van der Waals surface area (Å²) < 4.78 is 0. The third-order valence-corrected chi connectivity index (χ3v) is 5.13. The van der Waals surface area contributed by atoms with Crippen molar-refractivity contribution in [3.8, 4) is 0 Å². The second kappa shape index (κ2) is 6.94. The summed E-state index contributed by atoms with van der Waals surface area (Å²) in [6.07, 6.45) is 8.42. The van der Waals surface area contributed by atoms with E-state index in [0.717, 1.165) is 43.3 Å². The van der Waals surface area contributed by atoms with Gasteiger partial charge in [-0.25, -0.2) is 15.0 Å². The van der Waals surface area contributed by atoms with Crippen LogP contribution in [0.2, 0.25) is 0 Å². The maximum atomic E-state index is 12.4. The molecule has 1 N–H and O–H groups in total. The number of thiazole rings is 1. The summed E-state index contributed by atoms with van der Waals surface area (Å²) in [5.74, 6) is 0.570. The second-order valence-electron chi connectivity index (χ2n) is 5.61. The van der Waals surface area contributed by atoms with Gasteiger partial charge in [0, 0.05) is 61.3 Å². The van der Waals surface area contributed by atoms with Crippen molar-refractivity contribution in [1.29, 1.82) is 0 Å². The molecule has 0 bridgehead atoms. The van der Waals surface area contributed by atoms with E-state index in [0.29, 0.717) is 5.01 Å². The Kier molecular flexibility index (Phi) is 4.34. The van der Waals surface area contributed by atoms with E-state index < -0.39 is 0 Å². The molecule has 1 aliphatic rings. The summed E-state index contributed by atoms with van der Waals surface area (Å²) in [5.41, 5.74) is 1.72. The molecule has 3 aromatic rings. The van der Waals surface area contributed by atoms with Gasteiger partial charge < -0.3 is 10.2 Å². The number of rotatable bonds is 3. The highest BCUT2D eigenvalue weighted by atomic mass is 32.1. The van der Waals surface area contributed by atoms with E-state index in [1.165, 1.54) is 16.2 Å². The fourth-order valence-electron chi connectivity index (χ4n) is 2.73. The van der Waals surface area contributed by atoms with Crippen molar-refractivity contribution in [2.75, 3.05) is 23.3 Å². The lowest BCUT2D eigenvalue weighted by molar-refractivity contribution is 0.102. The monoisotopic (exact) mass is 352 g/mol. The van der Waals surface area contributed by atoms with Crippen molar-refractivity contribution >= 4 is 28.9 Å². The average molecular weight is 352 g/mol. The molecule has 0 unspecified atom stereocenters. The number of pyridine rings is 1. The van der Waals surface area contributed by atoms with Crippen molar-refractivity contribution in [1.82, 2.24) is 19.9 Å². The molecule has 0 spiro atoms. The van der Waals surface area contributed by atoms with Gasteiger partial charge in [-0.05, 0) is 18.2 Å². The van der Waals surface area contributed by atoms with Crippen LogP contribution in [0.15, 0.2) is 43.0 Å². The molecule has 25 heavy (non-hydrogen) atoms. The quantitative estimate of drug-likeness (QED) is 0.778. The van der Waals surface area contributed by atoms with E-state index in [9.17, 15) is 4.79 Å². The highest BCUT2D eigenvalue weighted by molar-refractivity contribution is 7.13. The molecule has 4 heterocycles. The third-order valence-electron chi connectivity index (χ3n) is 3.97. The van der Waals surface area contributed by atoms with Crippen LogP contribution in [-0.4, -0.2) is 38.9 Å². The van der Waals surface area contributed by atoms with Crippen LogP contribution in [-0.2, 0) is 12.8 Å². The first kappa shape index (κ1) is 15.6. The van der Waals surface area contributed by atoms with Crippen LogP contribution in [0.3, 0.4) is 0 Å². The van der Waals surface area contributed by atoms with Gasteiger partial charge in [0.05, 0.1) is 5.69 Å². The van der Waals surface area contributed by atoms with E-state index in [2.05, 4.69) is 30.2 Å². The first-order valence-electron chi connectivity index (χ1n) is 8.01. The van der Waals surface area contributed by atoms with Crippen LogP contribution < -0.4 is 10.2 Å². The summed E-state index contributed by atoms with van der Waals surface area (Å²) in [7, 11) is 0. The topological polar surface area (TPSA) is 83.9 Å². The summed E-state index contributed by atoms with van der Waals surface area (Å²) in [5, 5.41) is 3.36. The van der Waals surface area contributed by atoms with Gasteiger partial charge in [0.15, 0.2) is 5.01 Å². The standard InChI is InChI=1S/C17H16N6OS/c24-15(21-12-2-8-18-9-3-12)16-22-13-4-10-23(11-5-14(13)25-16)17-19-6-1-7-20-17/h1-3,6-9H,4-5,10-11H2,(H,18,21,24). The Morgan fingerprint density at radius 1 is 1.08 bits per heavy atom. The Morgan fingerprint density at radius 3 is 2.64 bits per heavy atom. The van der Waals surface area contributed by atoms with Crippen LogP contribution >= 0.6 is 11.3 Å². The highest BCUT2D eigenvalue weighted by Crippen LogP contribution is 2.24. The van der Waals surface area contributed by atoms with E-state index in [-0.39, 0.29) is 5.91 Å². The first-order valence-corrected chi connectivity index (χ1v) is 8.83. The zero-order valence-electron chi connectivity index (χ0n) is 13.4. The van der Waals surface area contributed by atoms with Gasteiger partial charge >= 0.3 is 0 Å². The lowest BCUT2D eigenvalue weighted by Gasteiger charge is -2.19. The Bertz CT molecular complexity index is 842. The Labute approximate surface area is 148 Å². The van der Waals surface area contributed by atoms with Crippen molar-refractivity contribution in [3.05, 3.63) is 58.6 Å². The van der Waals surface area contributed by atoms with Gasteiger partial charge in [-0.15, -0.1) is 11.3 Å². The lowest BCUT2D eigenvalue weighted by Crippen LogP contribution is -2.27. The molecule has 0 saturated carbocycles. The lowest BCUT2D eigenvalue weighted by atomic mass is 10.2. The Hall–Kier alpha value is -2.87. The minimum atomic E-state index is -0.174. The summed E-state index contributed by atoms with van der Waals surface area (Å²) in [4.78, 5) is 32.8. The molecule has 0 radical (unpaired) electrons. The van der Waals surface area contributed by atoms with Crippen LogP contribution in [0.25, 0.3) is 0 Å². The summed E-state index contributed by atoms with van der Waals surface area (Å²) in [6.45, 7) is 1.62. The zero-order valence-corrected chi connectivity index (χ0v) is 14.2. The van der Waals surface area contributed by atoms with Crippen molar-refractivity contribution < 1.29 is 4.79 Å². The van der Waals surface area contributed by atoms with Crippen LogP contribution in [0.4, 0.5) is 11.6 Å². The number of aromatic nitrogens is 4. The SMILES string of the molecule is O=C(Nc1ccncc1)c1nc2c(s1)CCN(c1ncccn1)CC2. The van der Waals surface area contributed by atoms with Gasteiger partial charge in [-0.3, -0.25) is 9.78 Å². The molecule has 0 fully saturated rings. The van der Waals surface area contributed by atoms with Crippen LogP contribution in [0, 0.1) is 0 Å². The molecule has 1 aliphatic heterocycles. The van der Waals surface area contributed by atoms with E-state index in [1.54, 1.807) is 36.9 Å². The zero-order chi connectivity index (χ0) is 17.1. The molecule has 3 aromatic heterocycles. The molecule has 7 nitrogen and oxygen atoms in total.